The molecule has 10 heteroatoms. The third-order valence-corrected chi connectivity index (χ3v) is 3.67. The number of hydrogen-bond acceptors (Lipinski definition) is 7. The van der Waals surface area contributed by atoms with Crippen molar-refractivity contribution in [3.63, 3.8) is 0 Å². The van der Waals surface area contributed by atoms with Crippen LogP contribution in [0.1, 0.15) is 0 Å². The number of aromatic hydroxyl groups is 2. The lowest BCUT2D eigenvalue weighted by atomic mass is 10.2. The van der Waals surface area contributed by atoms with Crippen LogP contribution in [0.2, 0.25) is 5.02 Å². The first kappa shape index (κ1) is 13.2. The highest BCUT2D eigenvalue weighted by molar-refractivity contribution is 7.21. The number of fused-ring (bicyclic) bond motifs is 1. The molecule has 0 spiro atoms. The minimum atomic E-state index is -1.63. The Hall–Kier alpha value is -2.26. The van der Waals surface area contributed by atoms with E-state index in [0.29, 0.717) is 11.3 Å². The molecule has 0 atom stereocenters. The molecule has 0 aliphatic rings. The predicted molar refractivity (Wildman–Crippen MR) is 65.5 cm³/mol. The van der Waals surface area contributed by atoms with Gasteiger partial charge in [-0.15, -0.1) is 0 Å². The van der Waals surface area contributed by atoms with Crippen LogP contribution in [-0.2, 0) is 0 Å². The van der Waals surface area contributed by atoms with E-state index in [1.807, 2.05) is 0 Å². The van der Waals surface area contributed by atoms with Crippen LogP contribution in [0.25, 0.3) is 10.1 Å². The van der Waals surface area contributed by atoms with E-state index in [0.717, 1.165) is 6.07 Å². The summed E-state index contributed by atoms with van der Waals surface area (Å²) >= 11 is 6.50. The number of nitrogens with zero attached hydrogens (tertiary/aromatic N) is 1. The molecule has 1 aromatic heterocycles. The molecule has 2 aromatic rings. The Labute approximate surface area is 113 Å². The Morgan fingerprint density at radius 2 is 2.11 bits per heavy atom. The highest BCUT2D eigenvalue weighted by atomic mass is 35.5. The topological polar surface area (TPSA) is 130 Å². The number of carbonyl (C=O) groups is 1. The second-order valence-corrected chi connectivity index (χ2v) is 4.69. The largest absolute Gasteiger partial charge is 0.512 e. The Bertz CT molecular complexity index is 710. The van der Waals surface area contributed by atoms with Crippen LogP contribution >= 0.6 is 22.9 Å². The van der Waals surface area contributed by atoms with Crippen molar-refractivity contribution >= 4 is 44.9 Å². The zero-order valence-corrected chi connectivity index (χ0v) is 10.4. The molecule has 3 N–H and O–H groups in total. The summed E-state index contributed by atoms with van der Waals surface area (Å²) in [6, 6.07) is 1.03. The quantitative estimate of drug-likeness (QED) is 0.336. The molecule has 0 aliphatic heterocycles. The Balaban J connectivity index is 2.84. The highest BCUT2D eigenvalue weighted by Gasteiger charge is 2.28. The maximum Gasteiger partial charge on any atom is 0.512 e. The van der Waals surface area contributed by atoms with E-state index in [1.54, 1.807) is 0 Å². The van der Waals surface area contributed by atoms with Crippen LogP contribution in [0.15, 0.2) is 6.07 Å². The summed E-state index contributed by atoms with van der Waals surface area (Å²) in [5.74, 6) is -1.65. The number of nitro groups is 1. The van der Waals surface area contributed by atoms with Gasteiger partial charge in [0.1, 0.15) is 5.02 Å². The minimum absolute atomic E-state index is 0.114. The fourth-order valence-electron chi connectivity index (χ4n) is 1.48. The SMILES string of the molecule is O=C(O)Oc1sc2cc(O)c(O)c([N+](=O)[O-])c2c1Cl. The summed E-state index contributed by atoms with van der Waals surface area (Å²) in [6.45, 7) is 0. The molecule has 8 nitrogen and oxygen atoms in total. The fourth-order valence-corrected chi connectivity index (χ4v) is 2.86. The van der Waals surface area contributed by atoms with Crippen molar-refractivity contribution in [3.8, 4) is 16.6 Å². The molecular weight excluding hydrogens is 302 g/mol. The normalized spacial score (nSPS) is 10.6. The van der Waals surface area contributed by atoms with Crippen molar-refractivity contribution in [2.75, 3.05) is 0 Å². The molecule has 0 saturated heterocycles. The van der Waals surface area contributed by atoms with Crippen LogP contribution < -0.4 is 4.74 Å². The lowest BCUT2D eigenvalue weighted by molar-refractivity contribution is -0.384. The van der Waals surface area contributed by atoms with Crippen molar-refractivity contribution in [3.05, 3.63) is 21.2 Å². The fraction of sp³-hybridized carbons (Fsp3) is 0. The van der Waals surface area contributed by atoms with Gasteiger partial charge < -0.3 is 20.1 Å². The van der Waals surface area contributed by atoms with E-state index in [1.165, 1.54) is 0 Å². The maximum atomic E-state index is 10.9. The Morgan fingerprint density at radius 1 is 1.47 bits per heavy atom. The van der Waals surface area contributed by atoms with E-state index in [9.17, 15) is 25.1 Å². The molecular formula is C9H4ClNO7S. The van der Waals surface area contributed by atoms with Crippen LogP contribution in [0.3, 0.4) is 0 Å². The van der Waals surface area contributed by atoms with E-state index < -0.39 is 28.3 Å². The monoisotopic (exact) mass is 305 g/mol. The number of phenolic OH excluding ortho intramolecular Hbond substituents is 2. The number of benzene rings is 1. The average Bonchev–Trinajstić information content (AvgIpc) is 2.56. The smallest absolute Gasteiger partial charge is 0.504 e. The third kappa shape index (κ3) is 2.09. The summed E-state index contributed by atoms with van der Waals surface area (Å²) in [4.78, 5) is 20.4. The minimum Gasteiger partial charge on any atom is -0.504 e. The average molecular weight is 306 g/mol. The number of thiophene rings is 1. The molecule has 0 bridgehead atoms. The second kappa shape index (κ2) is 4.44. The number of halogens is 1. The number of ether oxygens (including phenoxy) is 1. The van der Waals surface area contributed by atoms with Gasteiger partial charge in [0.05, 0.1) is 15.0 Å². The lowest BCUT2D eigenvalue weighted by Crippen LogP contribution is -2.01. The van der Waals surface area contributed by atoms with E-state index in [4.69, 9.17) is 16.7 Å². The van der Waals surface area contributed by atoms with Gasteiger partial charge in [0, 0.05) is 6.07 Å². The summed E-state index contributed by atoms with van der Waals surface area (Å²) in [6.07, 6.45) is -1.63. The zero-order valence-electron chi connectivity index (χ0n) is 8.79. The molecule has 1 heterocycles. The molecule has 0 saturated carbocycles. The molecule has 100 valence electrons. The Morgan fingerprint density at radius 3 is 2.63 bits per heavy atom. The summed E-state index contributed by atoms with van der Waals surface area (Å²) in [7, 11) is 0. The van der Waals surface area contributed by atoms with Gasteiger partial charge in [-0.1, -0.05) is 22.9 Å². The number of nitro benzene ring substituents is 1. The van der Waals surface area contributed by atoms with Crippen LogP contribution in [0.5, 0.6) is 16.6 Å². The first-order valence-electron chi connectivity index (χ1n) is 4.55. The van der Waals surface area contributed by atoms with Gasteiger partial charge in [0.2, 0.25) is 10.8 Å². The van der Waals surface area contributed by atoms with Gasteiger partial charge in [-0.3, -0.25) is 10.1 Å². The van der Waals surface area contributed by atoms with Gasteiger partial charge in [-0.25, -0.2) is 4.79 Å². The zero-order chi connectivity index (χ0) is 14.3. The number of hydrogen-bond donors (Lipinski definition) is 3. The van der Waals surface area contributed by atoms with Gasteiger partial charge in [0.15, 0.2) is 5.75 Å². The van der Waals surface area contributed by atoms with Gasteiger partial charge in [-0.05, 0) is 0 Å². The molecule has 0 aliphatic carbocycles. The van der Waals surface area contributed by atoms with Crippen LogP contribution in [0, 0.1) is 10.1 Å². The van der Waals surface area contributed by atoms with Gasteiger partial charge in [0.25, 0.3) is 0 Å². The van der Waals surface area contributed by atoms with Crippen molar-refractivity contribution in [1.29, 1.82) is 0 Å². The molecule has 19 heavy (non-hydrogen) atoms. The van der Waals surface area contributed by atoms with Crippen molar-refractivity contribution in [1.82, 2.24) is 0 Å². The molecule has 1 aromatic carbocycles. The lowest BCUT2D eigenvalue weighted by Gasteiger charge is -2.00. The molecule has 0 fully saturated rings. The predicted octanol–water partition coefficient (Wildman–Crippen LogP) is 2.93. The van der Waals surface area contributed by atoms with E-state index in [-0.39, 0.29) is 20.2 Å². The van der Waals surface area contributed by atoms with Crippen molar-refractivity contribution < 1.29 is 29.8 Å². The van der Waals surface area contributed by atoms with Gasteiger partial charge >= 0.3 is 11.8 Å². The van der Waals surface area contributed by atoms with Crippen LogP contribution in [0.4, 0.5) is 10.5 Å². The van der Waals surface area contributed by atoms with E-state index >= 15 is 0 Å². The number of carboxylic acid groups (broad SMARTS) is 1. The summed E-state index contributed by atoms with van der Waals surface area (Å²) in [5, 5.41) is 37.5. The molecule has 2 rings (SSSR count). The summed E-state index contributed by atoms with van der Waals surface area (Å²) in [5.41, 5.74) is -0.809. The van der Waals surface area contributed by atoms with Crippen molar-refractivity contribution in [2.45, 2.75) is 0 Å². The molecule has 0 unspecified atom stereocenters. The number of phenols is 2. The van der Waals surface area contributed by atoms with E-state index in [2.05, 4.69) is 4.74 Å². The first-order valence-corrected chi connectivity index (χ1v) is 5.74. The standard InChI is InChI=1S/C9H4ClNO7S/c10-5-4-3(19-8(5)18-9(14)15)1-2(12)7(13)6(4)11(16)17/h1,12-13H,(H,14,15). The maximum absolute atomic E-state index is 10.9. The number of rotatable bonds is 2. The molecule has 0 amide bonds. The summed E-state index contributed by atoms with van der Waals surface area (Å²) < 4.78 is 4.48. The van der Waals surface area contributed by atoms with Gasteiger partial charge in [-0.2, -0.15) is 0 Å². The van der Waals surface area contributed by atoms with Crippen molar-refractivity contribution in [2.24, 2.45) is 0 Å². The van der Waals surface area contributed by atoms with Crippen LogP contribution in [-0.4, -0.2) is 26.4 Å². The third-order valence-electron chi connectivity index (χ3n) is 2.18. The second-order valence-electron chi connectivity index (χ2n) is 3.29. The first-order chi connectivity index (χ1) is 8.82. The molecule has 0 radical (unpaired) electrons. The highest BCUT2D eigenvalue weighted by Crippen LogP contribution is 2.51. The Kier molecular flexibility index (Phi) is 3.08.